The Morgan fingerprint density at radius 3 is 2.62 bits per heavy atom. The smallest absolute Gasteiger partial charge is 0.253 e. The Labute approximate surface area is 185 Å². The maximum absolute atomic E-state index is 12.9. The number of amides is 1. The lowest BCUT2D eigenvalue weighted by molar-refractivity contribution is 0.0607. The van der Waals surface area contributed by atoms with Gasteiger partial charge in [-0.05, 0) is 68.0 Å². The standard InChI is InChI=1S/C22H27N3O2.2ClH/c1-17-5-6-20(14-24-17)27-15-18-3-2-4-19(13-18)21(26)25-11-8-22(9-12-25)7-10-23-16-22;;/h2-6,13-14,23H,7-12,15-16H2,1H3;2*1H. The number of benzene rings is 1. The van der Waals surface area contributed by atoms with Crippen molar-refractivity contribution in [2.75, 3.05) is 26.2 Å². The van der Waals surface area contributed by atoms with Crippen LogP contribution in [0.4, 0.5) is 0 Å². The molecule has 3 heterocycles. The normalized spacial score (nSPS) is 17.3. The minimum Gasteiger partial charge on any atom is -0.487 e. The minimum atomic E-state index is 0. The molecular weight excluding hydrogens is 409 g/mol. The van der Waals surface area contributed by atoms with E-state index >= 15 is 0 Å². The Morgan fingerprint density at radius 1 is 1.17 bits per heavy atom. The molecule has 2 aromatic rings. The van der Waals surface area contributed by atoms with E-state index in [1.807, 2.05) is 48.2 Å². The summed E-state index contributed by atoms with van der Waals surface area (Å²) in [7, 11) is 0. The molecule has 0 atom stereocenters. The zero-order valence-corrected chi connectivity index (χ0v) is 18.4. The van der Waals surface area contributed by atoms with Crippen molar-refractivity contribution in [3.63, 3.8) is 0 Å². The van der Waals surface area contributed by atoms with Crippen molar-refractivity contribution >= 4 is 30.7 Å². The SMILES string of the molecule is Cc1ccc(OCc2cccc(C(=O)N3CCC4(CCNC4)CC3)c2)cn1.Cl.Cl. The summed E-state index contributed by atoms with van der Waals surface area (Å²) < 4.78 is 5.80. The third-order valence-corrected chi connectivity index (χ3v) is 5.91. The van der Waals surface area contributed by atoms with Crippen molar-refractivity contribution in [1.29, 1.82) is 0 Å². The number of ether oxygens (including phenoxy) is 1. The van der Waals surface area contributed by atoms with Gasteiger partial charge in [-0.1, -0.05) is 12.1 Å². The third-order valence-electron chi connectivity index (χ3n) is 5.91. The van der Waals surface area contributed by atoms with E-state index in [1.54, 1.807) is 6.20 Å². The molecule has 2 aliphatic heterocycles. The number of halogens is 2. The van der Waals surface area contributed by atoms with Crippen LogP contribution in [0.1, 0.15) is 40.9 Å². The fraction of sp³-hybridized carbons (Fsp3) is 0.455. The number of nitrogens with one attached hydrogen (secondary N) is 1. The number of rotatable bonds is 4. The summed E-state index contributed by atoms with van der Waals surface area (Å²) in [6, 6.07) is 11.6. The fourth-order valence-corrected chi connectivity index (χ4v) is 4.09. The van der Waals surface area contributed by atoms with Crippen LogP contribution in [0.2, 0.25) is 0 Å². The monoisotopic (exact) mass is 437 g/mol. The van der Waals surface area contributed by atoms with Gasteiger partial charge in [0, 0.05) is 30.9 Å². The molecule has 158 valence electrons. The molecule has 2 fully saturated rings. The predicted octanol–water partition coefficient (Wildman–Crippen LogP) is 4.03. The van der Waals surface area contributed by atoms with E-state index in [9.17, 15) is 4.79 Å². The van der Waals surface area contributed by atoms with Gasteiger partial charge in [0.15, 0.2) is 0 Å². The van der Waals surface area contributed by atoms with Crippen LogP contribution in [-0.2, 0) is 6.61 Å². The lowest BCUT2D eigenvalue weighted by Gasteiger charge is -2.39. The van der Waals surface area contributed by atoms with E-state index in [0.717, 1.165) is 61.6 Å². The van der Waals surface area contributed by atoms with Crippen molar-refractivity contribution in [2.24, 2.45) is 5.41 Å². The number of carbonyl (C=O) groups is 1. The van der Waals surface area contributed by atoms with Crippen LogP contribution in [0.3, 0.4) is 0 Å². The first-order valence-corrected chi connectivity index (χ1v) is 9.78. The number of nitrogens with zero attached hydrogens (tertiary/aromatic N) is 2. The maximum Gasteiger partial charge on any atom is 0.253 e. The molecule has 1 aromatic heterocycles. The zero-order chi connectivity index (χ0) is 18.7. The van der Waals surface area contributed by atoms with Gasteiger partial charge in [0.25, 0.3) is 5.91 Å². The highest BCUT2D eigenvalue weighted by molar-refractivity contribution is 5.94. The molecule has 0 bridgehead atoms. The Bertz CT molecular complexity index is 798. The molecule has 1 amide bonds. The first kappa shape index (κ1) is 23.5. The second-order valence-corrected chi connectivity index (χ2v) is 7.84. The molecule has 1 spiro atoms. The minimum absolute atomic E-state index is 0. The second-order valence-electron chi connectivity index (χ2n) is 7.84. The zero-order valence-electron chi connectivity index (χ0n) is 16.7. The van der Waals surface area contributed by atoms with Crippen LogP contribution in [-0.4, -0.2) is 42.0 Å². The van der Waals surface area contributed by atoms with Gasteiger partial charge in [-0.25, -0.2) is 0 Å². The molecule has 1 N–H and O–H groups in total. The molecule has 2 saturated heterocycles. The molecule has 7 heteroatoms. The highest BCUT2D eigenvalue weighted by Gasteiger charge is 2.38. The number of piperidine rings is 1. The lowest BCUT2D eigenvalue weighted by Crippen LogP contribution is -2.44. The Kier molecular flexibility index (Phi) is 8.32. The molecule has 5 nitrogen and oxygen atoms in total. The first-order chi connectivity index (χ1) is 13.1. The molecule has 1 aromatic carbocycles. The van der Waals surface area contributed by atoms with Gasteiger partial charge in [0.1, 0.15) is 12.4 Å². The molecule has 4 rings (SSSR count). The topological polar surface area (TPSA) is 54.5 Å². The van der Waals surface area contributed by atoms with Crippen molar-refractivity contribution in [3.8, 4) is 5.75 Å². The van der Waals surface area contributed by atoms with Crippen molar-refractivity contribution in [1.82, 2.24) is 15.2 Å². The molecule has 2 aliphatic rings. The van der Waals surface area contributed by atoms with Crippen LogP contribution in [0, 0.1) is 12.3 Å². The fourth-order valence-electron chi connectivity index (χ4n) is 4.09. The summed E-state index contributed by atoms with van der Waals surface area (Å²) in [4.78, 5) is 19.2. The molecule has 0 radical (unpaired) electrons. The number of carbonyl (C=O) groups excluding carboxylic acids is 1. The average Bonchev–Trinajstić information content (AvgIpc) is 3.16. The average molecular weight is 438 g/mol. The van der Waals surface area contributed by atoms with E-state index in [1.165, 1.54) is 6.42 Å². The Morgan fingerprint density at radius 2 is 1.97 bits per heavy atom. The van der Waals surface area contributed by atoms with E-state index in [-0.39, 0.29) is 30.7 Å². The molecular formula is C22H29Cl2N3O2. The predicted molar refractivity (Wildman–Crippen MR) is 119 cm³/mol. The molecule has 0 aliphatic carbocycles. The summed E-state index contributed by atoms with van der Waals surface area (Å²) in [6.45, 7) is 6.32. The van der Waals surface area contributed by atoms with E-state index in [0.29, 0.717) is 12.0 Å². The third kappa shape index (κ3) is 5.62. The Balaban J connectivity index is 0.00000150. The van der Waals surface area contributed by atoms with Crippen molar-refractivity contribution in [3.05, 3.63) is 59.4 Å². The number of likely N-dealkylation sites (tertiary alicyclic amines) is 1. The van der Waals surface area contributed by atoms with Crippen LogP contribution in [0.25, 0.3) is 0 Å². The van der Waals surface area contributed by atoms with E-state index in [2.05, 4.69) is 10.3 Å². The van der Waals surface area contributed by atoms with Crippen molar-refractivity contribution < 1.29 is 9.53 Å². The van der Waals surface area contributed by atoms with Crippen LogP contribution in [0.15, 0.2) is 42.6 Å². The molecule has 0 saturated carbocycles. The maximum atomic E-state index is 12.9. The number of aryl methyl sites for hydroxylation is 1. The van der Waals surface area contributed by atoms with Crippen LogP contribution < -0.4 is 10.1 Å². The quantitative estimate of drug-likeness (QED) is 0.784. The lowest BCUT2D eigenvalue weighted by atomic mass is 9.78. The summed E-state index contributed by atoms with van der Waals surface area (Å²) >= 11 is 0. The second kappa shape index (κ2) is 10.3. The number of aromatic nitrogens is 1. The van der Waals surface area contributed by atoms with Gasteiger partial charge in [-0.15, -0.1) is 24.8 Å². The summed E-state index contributed by atoms with van der Waals surface area (Å²) in [5, 5.41) is 3.47. The van der Waals surface area contributed by atoms with Gasteiger partial charge >= 0.3 is 0 Å². The molecule has 29 heavy (non-hydrogen) atoms. The summed E-state index contributed by atoms with van der Waals surface area (Å²) in [5.41, 5.74) is 3.13. The number of hydrogen-bond donors (Lipinski definition) is 1. The number of pyridine rings is 1. The summed E-state index contributed by atoms with van der Waals surface area (Å²) in [5.74, 6) is 0.874. The summed E-state index contributed by atoms with van der Waals surface area (Å²) in [6.07, 6.45) is 5.19. The van der Waals surface area contributed by atoms with Gasteiger partial charge in [-0.3, -0.25) is 9.78 Å². The van der Waals surface area contributed by atoms with Gasteiger partial charge in [0.2, 0.25) is 0 Å². The Hall–Kier alpha value is -1.82. The largest absolute Gasteiger partial charge is 0.487 e. The highest BCUT2D eigenvalue weighted by Crippen LogP contribution is 2.37. The highest BCUT2D eigenvalue weighted by atomic mass is 35.5. The van der Waals surface area contributed by atoms with Gasteiger partial charge < -0.3 is 15.0 Å². The van der Waals surface area contributed by atoms with E-state index in [4.69, 9.17) is 4.74 Å². The van der Waals surface area contributed by atoms with Gasteiger partial charge in [0.05, 0.1) is 6.20 Å². The van der Waals surface area contributed by atoms with Crippen molar-refractivity contribution in [2.45, 2.75) is 32.8 Å². The molecule has 0 unspecified atom stereocenters. The van der Waals surface area contributed by atoms with Crippen LogP contribution >= 0.6 is 24.8 Å². The van der Waals surface area contributed by atoms with Gasteiger partial charge in [-0.2, -0.15) is 0 Å². The van der Waals surface area contributed by atoms with E-state index < -0.39 is 0 Å². The number of hydrogen-bond acceptors (Lipinski definition) is 4. The first-order valence-electron chi connectivity index (χ1n) is 9.78. The van der Waals surface area contributed by atoms with Crippen LogP contribution in [0.5, 0.6) is 5.75 Å².